The number of H-pyrrole nitrogens is 1. The number of aliphatic hydroxyl groups is 1. The van der Waals surface area contributed by atoms with Crippen molar-refractivity contribution < 1.29 is 9.84 Å². The van der Waals surface area contributed by atoms with Crippen LogP contribution in [0.2, 0.25) is 19.1 Å². The zero-order chi connectivity index (χ0) is 18.1. The number of halogens is 1. The summed E-state index contributed by atoms with van der Waals surface area (Å²) in [6.45, 7) is 8.51. The molecule has 24 heavy (non-hydrogen) atoms. The molecule has 0 amide bonds. The number of ether oxygens (including phenoxy) is 1. The fraction of sp³-hybridized carbons (Fsp3) is 0.750. The molecule has 1 fully saturated rings. The van der Waals surface area contributed by atoms with Crippen LogP contribution in [0.1, 0.15) is 38.0 Å². The average molecular weight is 466 g/mol. The number of aromatic nitrogens is 2. The molecule has 1 aromatic rings. The Hall–Kier alpha value is -0.453. The molecule has 1 aliphatic rings. The van der Waals surface area contributed by atoms with Crippen LogP contribution in [-0.2, 0) is 4.74 Å². The van der Waals surface area contributed by atoms with Crippen molar-refractivity contribution in [1.29, 1.82) is 0 Å². The molecule has 136 valence electrons. The monoisotopic (exact) mass is 466 g/mol. The summed E-state index contributed by atoms with van der Waals surface area (Å²) in [5.41, 5.74) is -0.415. The maximum atomic E-state index is 12.1. The van der Waals surface area contributed by atoms with Crippen molar-refractivity contribution in [2.24, 2.45) is 0 Å². The molecule has 2 rings (SSSR count). The first-order valence-corrected chi connectivity index (χ1v) is 13.0. The highest BCUT2D eigenvalue weighted by atomic mass is 127. The van der Waals surface area contributed by atoms with Gasteiger partial charge in [-0.2, -0.15) is 0 Å². The first-order chi connectivity index (χ1) is 11.2. The lowest BCUT2D eigenvalue weighted by atomic mass is 10.2. The van der Waals surface area contributed by atoms with Crippen molar-refractivity contribution in [3.05, 3.63) is 32.6 Å². The van der Waals surface area contributed by atoms with Crippen LogP contribution in [-0.4, -0.2) is 38.5 Å². The molecule has 1 aliphatic heterocycles. The van der Waals surface area contributed by atoms with Crippen molar-refractivity contribution in [1.82, 2.24) is 9.55 Å². The lowest BCUT2D eigenvalue weighted by molar-refractivity contribution is -0.0117. The van der Waals surface area contributed by atoms with Gasteiger partial charge in [0.05, 0.1) is 20.3 Å². The third-order valence-electron chi connectivity index (χ3n) is 4.80. The van der Waals surface area contributed by atoms with E-state index < -0.39 is 26.1 Å². The van der Waals surface area contributed by atoms with E-state index in [2.05, 4.69) is 47.6 Å². The molecule has 4 atom stereocenters. The zero-order valence-electron chi connectivity index (χ0n) is 14.7. The smallest absolute Gasteiger partial charge is 0.330 e. The quantitative estimate of drug-likeness (QED) is 0.383. The largest absolute Gasteiger partial charge is 0.390 e. The Labute approximate surface area is 156 Å². The number of unbranched alkanes of at least 4 members (excludes halogenated alkanes) is 1. The Morgan fingerprint density at radius 3 is 2.79 bits per heavy atom. The van der Waals surface area contributed by atoms with Crippen molar-refractivity contribution in [3.8, 4) is 0 Å². The summed E-state index contributed by atoms with van der Waals surface area (Å²) in [5.74, 6) is 0. The van der Waals surface area contributed by atoms with Gasteiger partial charge in [-0.25, -0.2) is 4.79 Å². The van der Waals surface area contributed by atoms with Gasteiger partial charge in [0.1, 0.15) is 6.23 Å². The van der Waals surface area contributed by atoms with E-state index in [0.717, 1.165) is 0 Å². The van der Waals surface area contributed by atoms with Crippen molar-refractivity contribution in [3.63, 3.8) is 0 Å². The second kappa shape index (κ2) is 7.84. The lowest BCUT2D eigenvalue weighted by Gasteiger charge is -2.33. The predicted molar refractivity (Wildman–Crippen MR) is 106 cm³/mol. The van der Waals surface area contributed by atoms with Gasteiger partial charge in [-0.3, -0.25) is 14.3 Å². The molecule has 6 nitrogen and oxygen atoms in total. The van der Waals surface area contributed by atoms with E-state index in [1.165, 1.54) is 29.6 Å². The Bertz CT molecular complexity index is 687. The Morgan fingerprint density at radius 2 is 2.17 bits per heavy atom. The number of hydrogen-bond acceptors (Lipinski definition) is 4. The molecule has 0 aromatic carbocycles. The standard InChI is InChI=1S/C16H27IN2O4Si/c1-5-6-7-24(3,4)14(17)13-11(20)8-12(23-13)19-9-10(2)15(21)18-16(19)22/h9,11-14,20H,5-8H2,1-4H3,(H,18,21,22)/t11-,12+,13-,14?/m0/s1. The van der Waals surface area contributed by atoms with Gasteiger partial charge < -0.3 is 9.84 Å². The van der Waals surface area contributed by atoms with E-state index in [1.54, 1.807) is 6.92 Å². The second-order valence-electron chi connectivity index (χ2n) is 7.33. The van der Waals surface area contributed by atoms with Gasteiger partial charge >= 0.3 is 5.69 Å². The Morgan fingerprint density at radius 1 is 1.50 bits per heavy atom. The van der Waals surface area contributed by atoms with Gasteiger partial charge in [-0.05, 0) is 6.92 Å². The first kappa shape index (κ1) is 19.9. The van der Waals surface area contributed by atoms with Crippen LogP contribution in [0, 0.1) is 6.92 Å². The maximum Gasteiger partial charge on any atom is 0.330 e. The van der Waals surface area contributed by atoms with Crippen LogP contribution >= 0.6 is 22.6 Å². The molecule has 0 spiro atoms. The zero-order valence-corrected chi connectivity index (χ0v) is 17.9. The SMILES string of the molecule is CCCC[Si](C)(C)C(I)[C@H]1O[C@@H](n2cc(C)c(=O)[nH]c2=O)C[C@@H]1O. The van der Waals surface area contributed by atoms with Crippen LogP contribution in [0.3, 0.4) is 0 Å². The summed E-state index contributed by atoms with van der Waals surface area (Å²) in [6.07, 6.45) is 2.86. The van der Waals surface area contributed by atoms with Crippen molar-refractivity contribution >= 4 is 30.7 Å². The Balaban J connectivity index is 2.19. The normalized spacial score (nSPS) is 25.8. The molecule has 1 aromatic heterocycles. The number of nitrogens with one attached hydrogen (secondary N) is 1. The summed E-state index contributed by atoms with van der Waals surface area (Å²) in [6, 6.07) is 1.20. The van der Waals surface area contributed by atoms with E-state index in [4.69, 9.17) is 4.74 Å². The van der Waals surface area contributed by atoms with Crippen LogP contribution in [0.4, 0.5) is 0 Å². The predicted octanol–water partition coefficient (Wildman–Crippen LogP) is 2.34. The average Bonchev–Trinajstić information content (AvgIpc) is 2.89. The van der Waals surface area contributed by atoms with E-state index in [0.29, 0.717) is 12.0 Å². The van der Waals surface area contributed by atoms with E-state index in [9.17, 15) is 14.7 Å². The molecule has 0 saturated carbocycles. The molecule has 2 heterocycles. The van der Waals surface area contributed by atoms with E-state index >= 15 is 0 Å². The highest BCUT2D eigenvalue weighted by Gasteiger charge is 2.45. The summed E-state index contributed by atoms with van der Waals surface area (Å²) < 4.78 is 7.74. The minimum Gasteiger partial charge on any atom is -0.390 e. The van der Waals surface area contributed by atoms with Gasteiger partial charge in [0.25, 0.3) is 5.56 Å². The molecular formula is C16H27IN2O4Si. The van der Waals surface area contributed by atoms with Gasteiger partial charge in [0, 0.05) is 21.7 Å². The summed E-state index contributed by atoms with van der Waals surface area (Å²) in [4.78, 5) is 25.9. The van der Waals surface area contributed by atoms with Crippen molar-refractivity contribution in [2.45, 2.75) is 74.2 Å². The van der Waals surface area contributed by atoms with Crippen LogP contribution in [0.5, 0.6) is 0 Å². The molecule has 1 saturated heterocycles. The summed E-state index contributed by atoms with van der Waals surface area (Å²) in [5, 5.41) is 10.5. The summed E-state index contributed by atoms with van der Waals surface area (Å²) >= 11 is 2.42. The maximum absolute atomic E-state index is 12.1. The molecule has 1 unspecified atom stereocenters. The number of aryl methyl sites for hydroxylation is 1. The molecular weight excluding hydrogens is 439 g/mol. The minimum atomic E-state index is -1.54. The van der Waals surface area contributed by atoms with E-state index in [1.807, 2.05) is 0 Å². The second-order valence-corrected chi connectivity index (χ2v) is 14.9. The van der Waals surface area contributed by atoms with Gasteiger partial charge in [-0.15, -0.1) is 0 Å². The third kappa shape index (κ3) is 4.20. The van der Waals surface area contributed by atoms with Crippen LogP contribution in [0.25, 0.3) is 0 Å². The fourth-order valence-corrected chi connectivity index (χ4v) is 7.44. The topological polar surface area (TPSA) is 84.3 Å². The number of aliphatic hydroxyl groups excluding tert-OH is 1. The molecule has 2 N–H and O–H groups in total. The molecule has 8 heteroatoms. The van der Waals surface area contributed by atoms with Gasteiger partial charge in [0.15, 0.2) is 0 Å². The summed E-state index contributed by atoms with van der Waals surface area (Å²) in [7, 11) is -1.54. The Kier molecular flexibility index (Phi) is 6.49. The first-order valence-electron chi connectivity index (χ1n) is 8.47. The van der Waals surface area contributed by atoms with Crippen LogP contribution in [0.15, 0.2) is 15.8 Å². The number of rotatable bonds is 6. The van der Waals surface area contributed by atoms with E-state index in [-0.39, 0.29) is 15.2 Å². The van der Waals surface area contributed by atoms with Crippen molar-refractivity contribution in [2.75, 3.05) is 0 Å². The number of nitrogens with zero attached hydrogens (tertiary/aromatic N) is 1. The highest BCUT2D eigenvalue weighted by Crippen LogP contribution is 2.37. The minimum absolute atomic E-state index is 0.265. The number of hydrogen-bond donors (Lipinski definition) is 2. The van der Waals surface area contributed by atoms with Gasteiger partial charge in [0.2, 0.25) is 0 Å². The third-order valence-corrected chi connectivity index (χ3v) is 14.0. The van der Waals surface area contributed by atoms with Crippen LogP contribution < -0.4 is 11.2 Å². The molecule has 0 aliphatic carbocycles. The molecule has 0 radical (unpaired) electrons. The molecule has 0 bridgehead atoms. The highest BCUT2D eigenvalue weighted by molar-refractivity contribution is 14.1. The lowest BCUT2D eigenvalue weighted by Crippen LogP contribution is -2.48. The number of alkyl halides is 1. The van der Waals surface area contributed by atoms with Gasteiger partial charge in [-0.1, -0.05) is 61.5 Å². The number of aromatic amines is 1. The fourth-order valence-electron chi connectivity index (χ4n) is 3.13.